The van der Waals surface area contributed by atoms with E-state index in [9.17, 15) is 0 Å². The second kappa shape index (κ2) is 5.04. The van der Waals surface area contributed by atoms with Gasteiger partial charge in [0.1, 0.15) is 6.33 Å². The quantitative estimate of drug-likeness (QED) is 0.811. The van der Waals surface area contributed by atoms with Crippen LogP contribution in [0.25, 0.3) is 0 Å². The van der Waals surface area contributed by atoms with Gasteiger partial charge >= 0.3 is 0 Å². The topological polar surface area (TPSA) is 44.3 Å². The van der Waals surface area contributed by atoms with Gasteiger partial charge in [0.05, 0.1) is 3.57 Å². The third-order valence-electron chi connectivity index (χ3n) is 2.43. The fourth-order valence-corrected chi connectivity index (χ4v) is 1.88. The Labute approximate surface area is 103 Å². The van der Waals surface area contributed by atoms with Crippen LogP contribution in [-0.2, 0) is 0 Å². The molecule has 1 N–H and O–H groups in total. The van der Waals surface area contributed by atoms with E-state index in [1.165, 1.54) is 0 Å². The standard InChI is InChI=1S/C9H14IN5/c1-14-2-4-15(5-3-14)13-9-8(10)6-11-7-12-9/h6-7H,2-5H2,1H3,(H,11,12,13). The van der Waals surface area contributed by atoms with Crippen LogP contribution in [0.5, 0.6) is 0 Å². The predicted molar refractivity (Wildman–Crippen MR) is 67.4 cm³/mol. The number of nitrogens with one attached hydrogen (secondary N) is 1. The van der Waals surface area contributed by atoms with Crippen LogP contribution in [0, 0.1) is 3.57 Å². The predicted octanol–water partition coefficient (Wildman–Crippen LogP) is 0.655. The van der Waals surface area contributed by atoms with E-state index in [-0.39, 0.29) is 0 Å². The van der Waals surface area contributed by atoms with E-state index < -0.39 is 0 Å². The first-order valence-electron chi connectivity index (χ1n) is 4.91. The number of nitrogens with zero attached hydrogens (tertiary/aromatic N) is 4. The van der Waals surface area contributed by atoms with Crippen LogP contribution in [-0.4, -0.2) is 53.1 Å². The molecule has 82 valence electrons. The number of rotatable bonds is 2. The highest BCUT2D eigenvalue weighted by atomic mass is 127. The monoisotopic (exact) mass is 319 g/mol. The van der Waals surface area contributed by atoms with Gasteiger partial charge < -0.3 is 10.3 Å². The highest BCUT2D eigenvalue weighted by Crippen LogP contribution is 2.13. The Morgan fingerprint density at radius 3 is 2.73 bits per heavy atom. The Kier molecular flexibility index (Phi) is 3.71. The summed E-state index contributed by atoms with van der Waals surface area (Å²) >= 11 is 2.24. The summed E-state index contributed by atoms with van der Waals surface area (Å²) in [5, 5.41) is 2.20. The summed E-state index contributed by atoms with van der Waals surface area (Å²) in [6.07, 6.45) is 3.38. The van der Waals surface area contributed by atoms with Crippen molar-refractivity contribution in [2.75, 3.05) is 38.7 Å². The zero-order valence-corrected chi connectivity index (χ0v) is 10.8. The van der Waals surface area contributed by atoms with Gasteiger partial charge in [0.15, 0.2) is 5.82 Å². The van der Waals surface area contributed by atoms with Gasteiger partial charge in [-0.1, -0.05) is 0 Å². The molecule has 1 aliphatic rings. The van der Waals surface area contributed by atoms with Gasteiger partial charge in [0.2, 0.25) is 0 Å². The average molecular weight is 319 g/mol. The Morgan fingerprint density at radius 2 is 2.07 bits per heavy atom. The van der Waals surface area contributed by atoms with Crippen LogP contribution >= 0.6 is 22.6 Å². The van der Waals surface area contributed by atoms with E-state index in [4.69, 9.17) is 0 Å². The summed E-state index contributed by atoms with van der Waals surface area (Å²) in [7, 11) is 2.14. The zero-order chi connectivity index (χ0) is 10.7. The van der Waals surface area contributed by atoms with Crippen LogP contribution < -0.4 is 5.43 Å². The lowest BCUT2D eigenvalue weighted by molar-refractivity contribution is 0.178. The number of hydrazine groups is 1. The average Bonchev–Trinajstić information content (AvgIpc) is 2.25. The van der Waals surface area contributed by atoms with Crippen molar-refractivity contribution in [1.82, 2.24) is 19.9 Å². The fraction of sp³-hybridized carbons (Fsp3) is 0.556. The molecule has 0 bridgehead atoms. The number of hydrogen-bond acceptors (Lipinski definition) is 5. The molecule has 0 aliphatic carbocycles. The first-order chi connectivity index (χ1) is 7.25. The van der Waals surface area contributed by atoms with Crippen LogP contribution in [0.4, 0.5) is 5.82 Å². The molecule has 2 rings (SSSR count). The summed E-state index contributed by atoms with van der Waals surface area (Å²) in [4.78, 5) is 10.5. The lowest BCUT2D eigenvalue weighted by Gasteiger charge is -2.32. The van der Waals surface area contributed by atoms with Crippen molar-refractivity contribution in [1.29, 1.82) is 0 Å². The highest BCUT2D eigenvalue weighted by molar-refractivity contribution is 14.1. The van der Waals surface area contributed by atoms with Gasteiger partial charge in [-0.3, -0.25) is 0 Å². The Morgan fingerprint density at radius 1 is 1.33 bits per heavy atom. The van der Waals surface area contributed by atoms with E-state index in [0.717, 1.165) is 35.6 Å². The lowest BCUT2D eigenvalue weighted by Crippen LogP contribution is -2.47. The number of anilines is 1. The largest absolute Gasteiger partial charge is 0.304 e. The van der Waals surface area contributed by atoms with Crippen molar-refractivity contribution in [3.63, 3.8) is 0 Å². The third-order valence-corrected chi connectivity index (χ3v) is 3.22. The summed E-state index contributed by atoms with van der Waals surface area (Å²) in [5.41, 5.74) is 3.32. The summed E-state index contributed by atoms with van der Waals surface area (Å²) in [6.45, 7) is 4.23. The Balaban J connectivity index is 1.95. The minimum atomic E-state index is 0.898. The molecule has 0 aromatic carbocycles. The minimum absolute atomic E-state index is 0.898. The SMILES string of the molecule is CN1CCN(Nc2ncncc2I)CC1. The van der Waals surface area contributed by atoms with E-state index in [1.807, 2.05) is 6.20 Å². The van der Waals surface area contributed by atoms with Crippen molar-refractivity contribution in [2.24, 2.45) is 0 Å². The summed E-state index contributed by atoms with van der Waals surface area (Å²) in [5.74, 6) is 0.898. The van der Waals surface area contributed by atoms with Gasteiger partial charge in [0.25, 0.3) is 0 Å². The number of aromatic nitrogens is 2. The van der Waals surface area contributed by atoms with Crippen molar-refractivity contribution in [3.05, 3.63) is 16.1 Å². The molecule has 0 amide bonds. The maximum absolute atomic E-state index is 4.21. The maximum atomic E-state index is 4.21. The Hall–Kier alpha value is -0.470. The van der Waals surface area contributed by atoms with Crippen LogP contribution in [0.3, 0.4) is 0 Å². The first-order valence-corrected chi connectivity index (χ1v) is 5.99. The van der Waals surface area contributed by atoms with Gasteiger partial charge in [-0.15, -0.1) is 0 Å². The van der Waals surface area contributed by atoms with Crippen molar-refractivity contribution in [3.8, 4) is 0 Å². The van der Waals surface area contributed by atoms with Crippen LogP contribution in [0.15, 0.2) is 12.5 Å². The minimum Gasteiger partial charge on any atom is -0.304 e. The molecular formula is C9H14IN5. The number of piperazine rings is 1. The maximum Gasteiger partial charge on any atom is 0.157 e. The number of likely N-dealkylation sites (N-methyl/N-ethyl adjacent to an activating group) is 1. The van der Waals surface area contributed by atoms with Crippen LogP contribution in [0.2, 0.25) is 0 Å². The van der Waals surface area contributed by atoms with E-state index in [1.54, 1.807) is 6.33 Å². The van der Waals surface area contributed by atoms with Gasteiger partial charge in [-0.2, -0.15) is 0 Å². The second-order valence-corrected chi connectivity index (χ2v) is 4.78. The van der Waals surface area contributed by atoms with Gasteiger partial charge in [0, 0.05) is 32.4 Å². The van der Waals surface area contributed by atoms with Crippen molar-refractivity contribution in [2.45, 2.75) is 0 Å². The molecule has 2 heterocycles. The van der Waals surface area contributed by atoms with E-state index in [0.29, 0.717) is 0 Å². The molecule has 0 unspecified atom stereocenters. The van der Waals surface area contributed by atoms with E-state index in [2.05, 4.69) is 54.9 Å². The molecule has 1 saturated heterocycles. The van der Waals surface area contributed by atoms with E-state index >= 15 is 0 Å². The number of halogens is 1. The molecule has 1 fully saturated rings. The first kappa shape index (κ1) is 11.0. The highest BCUT2D eigenvalue weighted by Gasteiger charge is 2.14. The molecule has 0 spiro atoms. The molecule has 1 aromatic rings. The Bertz CT molecular complexity index is 324. The smallest absolute Gasteiger partial charge is 0.157 e. The zero-order valence-electron chi connectivity index (χ0n) is 8.65. The fourth-order valence-electron chi connectivity index (χ4n) is 1.46. The molecule has 5 nitrogen and oxygen atoms in total. The lowest BCUT2D eigenvalue weighted by atomic mass is 10.4. The molecule has 0 saturated carbocycles. The molecule has 0 radical (unpaired) electrons. The molecule has 15 heavy (non-hydrogen) atoms. The normalized spacial score (nSPS) is 19.1. The van der Waals surface area contributed by atoms with Crippen molar-refractivity contribution >= 4 is 28.4 Å². The second-order valence-electron chi connectivity index (χ2n) is 3.62. The molecule has 0 atom stereocenters. The third kappa shape index (κ3) is 2.99. The molecule has 6 heteroatoms. The summed E-state index contributed by atoms with van der Waals surface area (Å²) < 4.78 is 1.05. The molecule has 1 aromatic heterocycles. The number of hydrogen-bond donors (Lipinski definition) is 1. The van der Waals surface area contributed by atoms with Crippen molar-refractivity contribution < 1.29 is 0 Å². The van der Waals surface area contributed by atoms with Crippen LogP contribution in [0.1, 0.15) is 0 Å². The molecule has 1 aliphatic heterocycles. The van der Waals surface area contributed by atoms with Gasteiger partial charge in [-0.05, 0) is 29.6 Å². The van der Waals surface area contributed by atoms with Gasteiger partial charge in [-0.25, -0.2) is 15.0 Å². The summed E-state index contributed by atoms with van der Waals surface area (Å²) in [6, 6.07) is 0. The molecular weight excluding hydrogens is 305 g/mol.